The van der Waals surface area contributed by atoms with Crippen molar-refractivity contribution in [1.29, 1.82) is 0 Å². The second-order valence-corrected chi connectivity index (χ2v) is 7.90. The standard InChI is InChI=1S/C24H28N2O3/c1-29-21-11-9-20(10-12-21)23(27)26-15-5-8-22(26)24(28)25-16-13-19(14-17-25)18-6-3-2-4-7-18/h2-4,6-7,9-12,19,22H,5,8,13-17H2,1H3. The number of hydrogen-bond acceptors (Lipinski definition) is 3. The average molecular weight is 392 g/mol. The van der Waals surface area contributed by atoms with Gasteiger partial charge in [0.1, 0.15) is 11.8 Å². The number of piperidine rings is 1. The molecular formula is C24H28N2O3. The third-order valence-corrected chi connectivity index (χ3v) is 6.21. The molecule has 1 atom stereocenters. The van der Waals surface area contributed by atoms with E-state index in [0.29, 0.717) is 18.0 Å². The van der Waals surface area contributed by atoms with Gasteiger partial charge in [-0.15, -0.1) is 0 Å². The van der Waals surface area contributed by atoms with E-state index in [9.17, 15) is 9.59 Å². The maximum atomic E-state index is 13.2. The number of rotatable bonds is 4. The summed E-state index contributed by atoms with van der Waals surface area (Å²) in [4.78, 5) is 29.9. The molecule has 5 nitrogen and oxygen atoms in total. The third-order valence-electron chi connectivity index (χ3n) is 6.21. The predicted molar refractivity (Wildman–Crippen MR) is 112 cm³/mol. The lowest BCUT2D eigenvalue weighted by Crippen LogP contribution is -2.49. The van der Waals surface area contributed by atoms with E-state index in [-0.39, 0.29) is 17.9 Å². The minimum absolute atomic E-state index is 0.0670. The Morgan fingerprint density at radius 3 is 2.24 bits per heavy atom. The number of amides is 2. The van der Waals surface area contributed by atoms with Crippen molar-refractivity contribution in [3.8, 4) is 5.75 Å². The Morgan fingerprint density at radius 1 is 0.897 bits per heavy atom. The number of likely N-dealkylation sites (tertiary alicyclic amines) is 2. The summed E-state index contributed by atoms with van der Waals surface area (Å²) in [6.45, 7) is 2.17. The Balaban J connectivity index is 1.39. The molecule has 1 unspecified atom stereocenters. The van der Waals surface area contributed by atoms with Crippen LogP contribution in [0.3, 0.4) is 0 Å². The van der Waals surface area contributed by atoms with E-state index in [1.54, 1.807) is 36.3 Å². The zero-order valence-corrected chi connectivity index (χ0v) is 16.9. The molecule has 0 bridgehead atoms. The highest BCUT2D eigenvalue weighted by Crippen LogP contribution is 2.30. The first-order chi connectivity index (χ1) is 14.2. The summed E-state index contributed by atoms with van der Waals surface area (Å²) in [5.74, 6) is 1.27. The molecule has 5 heteroatoms. The molecule has 0 radical (unpaired) electrons. The van der Waals surface area contributed by atoms with Crippen molar-refractivity contribution in [2.75, 3.05) is 26.7 Å². The largest absolute Gasteiger partial charge is 0.497 e. The minimum atomic E-state index is -0.335. The maximum absolute atomic E-state index is 13.2. The molecule has 2 aromatic rings. The molecule has 2 aromatic carbocycles. The van der Waals surface area contributed by atoms with E-state index in [1.807, 2.05) is 11.0 Å². The lowest BCUT2D eigenvalue weighted by Gasteiger charge is -2.35. The Hall–Kier alpha value is -2.82. The Bertz CT molecular complexity index is 842. The maximum Gasteiger partial charge on any atom is 0.254 e. The highest BCUT2D eigenvalue weighted by atomic mass is 16.5. The third kappa shape index (κ3) is 4.14. The molecular weight excluding hydrogens is 364 g/mol. The molecule has 2 amide bonds. The minimum Gasteiger partial charge on any atom is -0.497 e. The quantitative estimate of drug-likeness (QED) is 0.797. The van der Waals surface area contributed by atoms with Gasteiger partial charge in [0.05, 0.1) is 7.11 Å². The van der Waals surface area contributed by atoms with Crippen molar-refractivity contribution in [1.82, 2.24) is 9.80 Å². The van der Waals surface area contributed by atoms with Gasteiger partial charge in [0.2, 0.25) is 5.91 Å². The van der Waals surface area contributed by atoms with Crippen LogP contribution in [0.15, 0.2) is 54.6 Å². The fraction of sp³-hybridized carbons (Fsp3) is 0.417. The van der Waals surface area contributed by atoms with Gasteiger partial charge in [-0.05, 0) is 61.4 Å². The summed E-state index contributed by atoms with van der Waals surface area (Å²) < 4.78 is 5.17. The molecule has 2 heterocycles. The number of ether oxygens (including phenoxy) is 1. The molecule has 2 aliphatic rings. The van der Waals surface area contributed by atoms with Gasteiger partial charge in [0, 0.05) is 25.2 Å². The first-order valence-electron chi connectivity index (χ1n) is 10.5. The van der Waals surface area contributed by atoms with Crippen LogP contribution in [0, 0.1) is 0 Å². The van der Waals surface area contributed by atoms with Gasteiger partial charge in [0.25, 0.3) is 5.91 Å². The molecule has 0 aromatic heterocycles. The molecule has 4 rings (SSSR count). The lowest BCUT2D eigenvalue weighted by molar-refractivity contribution is -0.136. The number of carbonyl (C=O) groups is 2. The van der Waals surface area contributed by atoms with Crippen LogP contribution in [0.2, 0.25) is 0 Å². The van der Waals surface area contributed by atoms with Crippen molar-refractivity contribution in [3.63, 3.8) is 0 Å². The van der Waals surface area contributed by atoms with Gasteiger partial charge in [-0.2, -0.15) is 0 Å². The Labute approximate surface area is 172 Å². The molecule has 0 N–H and O–H groups in total. The molecule has 29 heavy (non-hydrogen) atoms. The topological polar surface area (TPSA) is 49.9 Å². The second-order valence-electron chi connectivity index (χ2n) is 7.90. The van der Waals surface area contributed by atoms with E-state index < -0.39 is 0 Å². The van der Waals surface area contributed by atoms with E-state index in [1.165, 1.54) is 5.56 Å². The normalized spacial score (nSPS) is 20.0. The first-order valence-corrected chi connectivity index (χ1v) is 10.5. The lowest BCUT2D eigenvalue weighted by atomic mass is 9.89. The second kappa shape index (κ2) is 8.68. The predicted octanol–water partition coefficient (Wildman–Crippen LogP) is 3.71. The smallest absolute Gasteiger partial charge is 0.254 e. The number of benzene rings is 2. The van der Waals surface area contributed by atoms with Crippen LogP contribution < -0.4 is 4.74 Å². The van der Waals surface area contributed by atoms with E-state index >= 15 is 0 Å². The molecule has 0 saturated carbocycles. The van der Waals surface area contributed by atoms with Crippen molar-refractivity contribution in [2.45, 2.75) is 37.6 Å². The SMILES string of the molecule is COc1ccc(C(=O)N2CCCC2C(=O)N2CCC(c3ccccc3)CC2)cc1. The van der Waals surface area contributed by atoms with E-state index in [4.69, 9.17) is 4.74 Å². The van der Waals surface area contributed by atoms with Crippen LogP contribution in [0.25, 0.3) is 0 Å². The summed E-state index contributed by atoms with van der Waals surface area (Å²) >= 11 is 0. The van der Waals surface area contributed by atoms with Gasteiger partial charge in [-0.25, -0.2) is 0 Å². The average Bonchev–Trinajstić information content (AvgIpc) is 3.29. The Kier molecular flexibility index (Phi) is 5.84. The summed E-state index contributed by atoms with van der Waals surface area (Å²) in [5, 5.41) is 0. The van der Waals surface area contributed by atoms with Crippen LogP contribution in [0.4, 0.5) is 0 Å². The van der Waals surface area contributed by atoms with Crippen LogP contribution in [0.1, 0.15) is 47.5 Å². The van der Waals surface area contributed by atoms with Crippen LogP contribution in [0.5, 0.6) is 5.75 Å². The zero-order valence-electron chi connectivity index (χ0n) is 16.9. The molecule has 0 aliphatic carbocycles. The first kappa shape index (κ1) is 19.5. The number of methoxy groups -OCH3 is 1. The molecule has 2 fully saturated rings. The van der Waals surface area contributed by atoms with Crippen LogP contribution in [-0.4, -0.2) is 54.4 Å². The highest BCUT2D eigenvalue weighted by Gasteiger charge is 2.38. The van der Waals surface area contributed by atoms with Gasteiger partial charge in [-0.1, -0.05) is 30.3 Å². The fourth-order valence-corrected chi connectivity index (χ4v) is 4.54. The molecule has 0 spiro atoms. The van der Waals surface area contributed by atoms with E-state index in [2.05, 4.69) is 24.3 Å². The van der Waals surface area contributed by atoms with Crippen molar-refractivity contribution < 1.29 is 14.3 Å². The summed E-state index contributed by atoms with van der Waals surface area (Å²) in [5.41, 5.74) is 1.96. The summed E-state index contributed by atoms with van der Waals surface area (Å²) in [6, 6.07) is 17.3. The van der Waals surface area contributed by atoms with E-state index in [0.717, 1.165) is 44.5 Å². The number of nitrogens with zero attached hydrogens (tertiary/aromatic N) is 2. The fourth-order valence-electron chi connectivity index (χ4n) is 4.54. The van der Waals surface area contributed by atoms with Gasteiger partial charge >= 0.3 is 0 Å². The number of hydrogen-bond donors (Lipinski definition) is 0. The van der Waals surface area contributed by atoms with Crippen LogP contribution >= 0.6 is 0 Å². The number of carbonyl (C=O) groups excluding carboxylic acids is 2. The monoisotopic (exact) mass is 392 g/mol. The van der Waals surface area contributed by atoms with Crippen molar-refractivity contribution in [3.05, 3.63) is 65.7 Å². The van der Waals surface area contributed by atoms with Crippen molar-refractivity contribution in [2.24, 2.45) is 0 Å². The summed E-state index contributed by atoms with van der Waals surface area (Å²) in [6.07, 6.45) is 3.59. The zero-order chi connectivity index (χ0) is 20.2. The Morgan fingerprint density at radius 2 is 1.59 bits per heavy atom. The molecule has 2 aliphatic heterocycles. The summed E-state index contributed by atoms with van der Waals surface area (Å²) in [7, 11) is 1.60. The van der Waals surface area contributed by atoms with Gasteiger partial charge in [-0.3, -0.25) is 9.59 Å². The van der Waals surface area contributed by atoms with Crippen molar-refractivity contribution >= 4 is 11.8 Å². The molecule has 2 saturated heterocycles. The van der Waals surface area contributed by atoms with Crippen LogP contribution in [-0.2, 0) is 4.79 Å². The molecule has 152 valence electrons. The van der Waals surface area contributed by atoms with Gasteiger partial charge in [0.15, 0.2) is 0 Å². The highest BCUT2D eigenvalue weighted by molar-refractivity contribution is 5.98. The van der Waals surface area contributed by atoms with Gasteiger partial charge < -0.3 is 14.5 Å².